The summed E-state index contributed by atoms with van der Waals surface area (Å²) in [5, 5.41) is 3.06. The molecule has 1 N–H and O–H groups in total. The van der Waals surface area contributed by atoms with Crippen molar-refractivity contribution in [1.82, 2.24) is 9.88 Å². The van der Waals surface area contributed by atoms with Gasteiger partial charge in [-0.1, -0.05) is 12.1 Å². The molecule has 1 aliphatic heterocycles. The summed E-state index contributed by atoms with van der Waals surface area (Å²) in [6.07, 6.45) is 5.35. The molecule has 0 atom stereocenters. The number of hydrogen-bond acceptors (Lipinski definition) is 7. The number of nitrogens with one attached hydrogen (secondary N) is 1. The van der Waals surface area contributed by atoms with E-state index in [4.69, 9.17) is 9.47 Å². The van der Waals surface area contributed by atoms with Crippen LogP contribution in [0.5, 0.6) is 5.75 Å². The van der Waals surface area contributed by atoms with Gasteiger partial charge in [-0.05, 0) is 88.8 Å². The summed E-state index contributed by atoms with van der Waals surface area (Å²) in [5.74, 6) is -1.50. The fourth-order valence-corrected chi connectivity index (χ4v) is 6.81. The Morgan fingerprint density at radius 2 is 1.82 bits per heavy atom. The maximum atomic E-state index is 13.6. The number of rotatable bonds is 7. The quantitative estimate of drug-likeness (QED) is 0.239. The van der Waals surface area contributed by atoms with Crippen LogP contribution in [0.2, 0.25) is 0 Å². The molecule has 0 spiro atoms. The van der Waals surface area contributed by atoms with E-state index in [9.17, 15) is 19.2 Å². The number of imide groups is 2. The Hall–Kier alpha value is -4.18. The Bertz CT molecular complexity index is 1560. The number of para-hydroxylation sites is 2. The second-order valence-corrected chi connectivity index (χ2v) is 10.7. The van der Waals surface area contributed by atoms with E-state index in [0.717, 1.165) is 52.5 Å². The third kappa shape index (κ3) is 4.72. The van der Waals surface area contributed by atoms with Crippen molar-refractivity contribution in [3.8, 4) is 10.8 Å². The fraction of sp³-hybridized carbons (Fsp3) is 0.333. The van der Waals surface area contributed by atoms with Crippen LogP contribution in [-0.4, -0.2) is 41.6 Å². The topological polar surface area (TPSA) is 107 Å². The van der Waals surface area contributed by atoms with Gasteiger partial charge in [0.05, 0.1) is 24.5 Å². The second-order valence-electron chi connectivity index (χ2n) is 9.63. The van der Waals surface area contributed by atoms with Gasteiger partial charge in [-0.15, -0.1) is 11.3 Å². The molecular formula is C30H31N3O6S. The Labute approximate surface area is 236 Å². The fourth-order valence-electron chi connectivity index (χ4n) is 5.32. The first-order valence-corrected chi connectivity index (χ1v) is 14.2. The number of thiophene rings is 1. The van der Waals surface area contributed by atoms with Gasteiger partial charge in [-0.25, -0.2) is 14.5 Å². The summed E-state index contributed by atoms with van der Waals surface area (Å²) in [6, 6.07) is 7.71. The van der Waals surface area contributed by atoms with Crippen LogP contribution >= 0.6 is 11.3 Å². The van der Waals surface area contributed by atoms with E-state index >= 15 is 0 Å². The zero-order valence-electron chi connectivity index (χ0n) is 23.0. The molecule has 208 valence electrons. The maximum absolute atomic E-state index is 13.6. The van der Waals surface area contributed by atoms with Crippen LogP contribution in [-0.2, 0) is 27.2 Å². The van der Waals surface area contributed by atoms with Gasteiger partial charge in [0.2, 0.25) is 0 Å². The van der Waals surface area contributed by atoms with Crippen LogP contribution in [0.3, 0.4) is 0 Å². The Morgan fingerprint density at radius 1 is 1.07 bits per heavy atom. The van der Waals surface area contributed by atoms with Crippen molar-refractivity contribution in [2.24, 2.45) is 0 Å². The van der Waals surface area contributed by atoms with E-state index < -0.39 is 17.8 Å². The Balaban J connectivity index is 1.59. The predicted octanol–water partition coefficient (Wildman–Crippen LogP) is 5.28. The van der Waals surface area contributed by atoms with Crippen molar-refractivity contribution < 1.29 is 28.7 Å². The first kappa shape index (κ1) is 27.4. The van der Waals surface area contributed by atoms with Gasteiger partial charge in [-0.2, -0.15) is 0 Å². The van der Waals surface area contributed by atoms with Gasteiger partial charge < -0.3 is 14.0 Å². The van der Waals surface area contributed by atoms with Gasteiger partial charge in [0.15, 0.2) is 0 Å². The number of esters is 1. The molecule has 3 heterocycles. The number of carbonyl (C=O) groups is 4. The molecule has 1 aromatic carbocycles. The van der Waals surface area contributed by atoms with Gasteiger partial charge >= 0.3 is 12.0 Å². The lowest BCUT2D eigenvalue weighted by Gasteiger charge is -2.27. The van der Waals surface area contributed by atoms with E-state index in [-0.39, 0.29) is 23.8 Å². The van der Waals surface area contributed by atoms with Gasteiger partial charge in [0.1, 0.15) is 16.3 Å². The van der Waals surface area contributed by atoms with Crippen LogP contribution in [0, 0.1) is 13.8 Å². The maximum Gasteiger partial charge on any atom is 0.341 e. The molecule has 1 aliphatic carbocycles. The number of hydrogen-bond donors (Lipinski definition) is 1. The van der Waals surface area contributed by atoms with Crippen molar-refractivity contribution in [2.75, 3.05) is 18.1 Å². The first-order chi connectivity index (χ1) is 19.3. The highest BCUT2D eigenvalue weighted by Gasteiger charge is 2.38. The van der Waals surface area contributed by atoms with E-state index in [0.29, 0.717) is 23.5 Å². The summed E-state index contributed by atoms with van der Waals surface area (Å²) in [6.45, 7) is 8.01. The summed E-state index contributed by atoms with van der Waals surface area (Å²) in [7, 11) is 0. The number of aryl methyl sites for hydroxylation is 2. The number of urea groups is 1. The zero-order valence-corrected chi connectivity index (χ0v) is 23.8. The van der Waals surface area contributed by atoms with Crippen molar-refractivity contribution in [1.29, 1.82) is 0 Å². The number of aromatic nitrogens is 1. The lowest BCUT2D eigenvalue weighted by molar-refractivity contribution is -0.122. The minimum Gasteiger partial charge on any atom is -0.492 e. The third-order valence-electron chi connectivity index (χ3n) is 7.11. The molecule has 1 fully saturated rings. The van der Waals surface area contributed by atoms with E-state index in [1.165, 1.54) is 11.0 Å². The Morgan fingerprint density at radius 3 is 2.58 bits per heavy atom. The zero-order chi connectivity index (χ0) is 28.6. The number of carbonyl (C=O) groups excluding carboxylic acids is 4. The molecule has 3 aromatic rings. The molecule has 1 saturated heterocycles. The number of amides is 4. The standard InChI is InChI=1S/C30H31N3O6S/c1-5-38-23-13-9-8-12-22(23)33-27(35)21(26(34)31-30(33)37)16-19-15-17(3)32(18(19)4)28-25(29(36)39-6-2)20-11-7-10-14-24(20)40-28/h8-9,12-13,15-16H,5-7,10-11,14H2,1-4H3,(H,31,34,37)/b21-16+. The molecule has 2 aliphatic rings. The second kappa shape index (κ2) is 11.1. The number of benzene rings is 1. The van der Waals surface area contributed by atoms with Crippen molar-refractivity contribution in [2.45, 2.75) is 53.4 Å². The summed E-state index contributed by atoms with van der Waals surface area (Å²) in [5.41, 5.74) is 3.95. The number of barbiturate groups is 1. The molecule has 4 amide bonds. The molecule has 0 bridgehead atoms. The summed E-state index contributed by atoms with van der Waals surface area (Å²) >= 11 is 1.59. The molecule has 40 heavy (non-hydrogen) atoms. The highest BCUT2D eigenvalue weighted by atomic mass is 32.1. The molecule has 10 heteroatoms. The lowest BCUT2D eigenvalue weighted by Crippen LogP contribution is -2.54. The number of nitrogens with zero attached hydrogens (tertiary/aromatic N) is 2. The number of fused-ring (bicyclic) bond motifs is 1. The molecular weight excluding hydrogens is 530 g/mol. The monoisotopic (exact) mass is 561 g/mol. The predicted molar refractivity (Wildman–Crippen MR) is 152 cm³/mol. The van der Waals surface area contributed by atoms with E-state index in [2.05, 4.69) is 5.32 Å². The van der Waals surface area contributed by atoms with Crippen molar-refractivity contribution in [3.63, 3.8) is 0 Å². The van der Waals surface area contributed by atoms with Gasteiger partial charge in [-0.3, -0.25) is 14.9 Å². The molecule has 0 radical (unpaired) electrons. The Kier molecular flexibility index (Phi) is 7.62. The van der Waals surface area contributed by atoms with E-state index in [1.807, 2.05) is 24.5 Å². The molecule has 5 rings (SSSR count). The summed E-state index contributed by atoms with van der Waals surface area (Å²) < 4.78 is 13.0. The third-order valence-corrected chi connectivity index (χ3v) is 8.39. The minimum atomic E-state index is -0.840. The van der Waals surface area contributed by atoms with Crippen LogP contribution in [0.4, 0.5) is 10.5 Å². The normalized spacial score (nSPS) is 16.2. The molecule has 0 unspecified atom stereocenters. The first-order valence-electron chi connectivity index (χ1n) is 13.4. The summed E-state index contributed by atoms with van der Waals surface area (Å²) in [4.78, 5) is 54.5. The number of anilines is 1. The molecule has 9 nitrogen and oxygen atoms in total. The van der Waals surface area contributed by atoms with Gasteiger partial charge in [0, 0.05) is 16.3 Å². The van der Waals surface area contributed by atoms with Crippen LogP contribution in [0.1, 0.15) is 64.4 Å². The van der Waals surface area contributed by atoms with Crippen LogP contribution < -0.4 is 15.0 Å². The van der Waals surface area contributed by atoms with Crippen LogP contribution in [0.25, 0.3) is 11.1 Å². The smallest absolute Gasteiger partial charge is 0.341 e. The van der Waals surface area contributed by atoms with Crippen molar-refractivity contribution >= 4 is 46.9 Å². The average Bonchev–Trinajstić information content (AvgIpc) is 3.43. The number of ether oxygens (including phenoxy) is 2. The van der Waals surface area contributed by atoms with Crippen LogP contribution in [0.15, 0.2) is 35.9 Å². The molecule has 2 aromatic heterocycles. The van der Waals surface area contributed by atoms with Gasteiger partial charge in [0.25, 0.3) is 11.8 Å². The van der Waals surface area contributed by atoms with E-state index in [1.54, 1.807) is 49.4 Å². The largest absolute Gasteiger partial charge is 0.492 e. The highest BCUT2D eigenvalue weighted by Crippen LogP contribution is 2.39. The molecule has 0 saturated carbocycles. The minimum absolute atomic E-state index is 0.178. The SMILES string of the molecule is CCOC(=O)c1c(-n2c(C)cc(/C=C3\C(=O)NC(=O)N(c4ccccc4OCC)C3=O)c2C)sc2c1CCCC2. The lowest BCUT2D eigenvalue weighted by atomic mass is 9.95. The van der Waals surface area contributed by atoms with Crippen molar-refractivity contribution in [3.05, 3.63) is 68.9 Å². The average molecular weight is 562 g/mol. The highest BCUT2D eigenvalue weighted by molar-refractivity contribution is 7.15.